The van der Waals surface area contributed by atoms with Crippen LogP contribution in [0.2, 0.25) is 0 Å². The molecule has 0 radical (unpaired) electrons. The maximum atomic E-state index is 4.69. The van der Waals surface area contributed by atoms with Crippen LogP contribution in [-0.2, 0) is 0 Å². The summed E-state index contributed by atoms with van der Waals surface area (Å²) < 4.78 is 0. The van der Waals surface area contributed by atoms with E-state index in [1.807, 2.05) is 0 Å². The van der Waals surface area contributed by atoms with Crippen molar-refractivity contribution >= 4 is 8.58 Å². The Kier molecular flexibility index (Phi) is 13.2. The maximum Gasteiger partial charge on any atom is -0.00901 e. The molecular weight excluding hydrogens is 391 g/mol. The zero-order valence-corrected chi connectivity index (χ0v) is 24.9. The van der Waals surface area contributed by atoms with Crippen molar-refractivity contribution in [2.75, 3.05) is 0 Å². The third-order valence-corrected chi connectivity index (χ3v) is 9.70. The molecule has 0 aliphatic carbocycles. The van der Waals surface area contributed by atoms with E-state index in [2.05, 4.69) is 89.7 Å². The van der Waals surface area contributed by atoms with Gasteiger partial charge in [-0.3, -0.25) is 0 Å². The molecule has 0 fully saturated rings. The van der Waals surface area contributed by atoms with E-state index in [1.165, 1.54) is 64.2 Å². The SMILES string of the molecule is C=C(PC(C)(C)C(C)(C)CC(C)C)C(CCCC)CCCC(C)(C)CCCC(C)(C)C. The molecule has 0 aromatic carbocycles. The zero-order chi connectivity index (χ0) is 24.5. The molecule has 0 spiro atoms. The van der Waals surface area contributed by atoms with Gasteiger partial charge in [-0.05, 0) is 71.8 Å². The van der Waals surface area contributed by atoms with Crippen LogP contribution in [0, 0.1) is 28.1 Å². The van der Waals surface area contributed by atoms with Gasteiger partial charge in [-0.25, -0.2) is 0 Å². The third kappa shape index (κ3) is 13.5. The van der Waals surface area contributed by atoms with Crippen LogP contribution in [0.25, 0.3) is 0 Å². The largest absolute Gasteiger partial charge is 0.0953 e. The summed E-state index contributed by atoms with van der Waals surface area (Å²) in [6.07, 6.45) is 13.4. The molecule has 0 heterocycles. The molecule has 0 aromatic rings. The highest BCUT2D eigenvalue weighted by Gasteiger charge is 2.38. The third-order valence-electron chi connectivity index (χ3n) is 7.67. The standard InChI is InChI=1S/C30H61P/c1-14-15-18-26(19-16-21-28(8,9)22-17-20-27(5,6)7)25(4)31-30(12,13)29(10,11)23-24(2)3/h24,26,31H,4,14-23H2,1-3,5-13H3. The van der Waals surface area contributed by atoms with E-state index in [0.717, 1.165) is 20.4 Å². The fraction of sp³-hybridized carbons (Fsp3) is 0.933. The Morgan fingerprint density at radius 3 is 1.77 bits per heavy atom. The van der Waals surface area contributed by atoms with E-state index in [0.29, 0.717) is 21.4 Å². The quantitative estimate of drug-likeness (QED) is 0.204. The molecule has 31 heavy (non-hydrogen) atoms. The van der Waals surface area contributed by atoms with Gasteiger partial charge in [-0.2, -0.15) is 0 Å². The first-order valence-corrected chi connectivity index (χ1v) is 14.4. The molecular formula is C30H61P. The minimum atomic E-state index is 0.324. The molecule has 0 aromatic heterocycles. The molecule has 0 saturated carbocycles. The second-order valence-electron chi connectivity index (χ2n) is 14.1. The topological polar surface area (TPSA) is 0 Å². The summed E-state index contributed by atoms with van der Waals surface area (Å²) in [6, 6.07) is 0. The van der Waals surface area contributed by atoms with E-state index in [-0.39, 0.29) is 0 Å². The lowest BCUT2D eigenvalue weighted by atomic mass is 9.74. The Morgan fingerprint density at radius 1 is 0.774 bits per heavy atom. The monoisotopic (exact) mass is 452 g/mol. The fourth-order valence-corrected chi connectivity index (χ4v) is 6.68. The molecule has 2 unspecified atom stereocenters. The Labute approximate surface area is 201 Å². The summed E-state index contributed by atoms with van der Waals surface area (Å²) in [7, 11) is 0.872. The van der Waals surface area contributed by atoms with E-state index in [4.69, 9.17) is 0 Å². The van der Waals surface area contributed by atoms with Crippen LogP contribution in [0.3, 0.4) is 0 Å². The van der Waals surface area contributed by atoms with Crippen LogP contribution in [0.1, 0.15) is 147 Å². The molecule has 1 heteroatoms. The number of allylic oxidation sites excluding steroid dienone is 1. The van der Waals surface area contributed by atoms with Gasteiger partial charge in [0.25, 0.3) is 0 Å². The molecule has 2 atom stereocenters. The number of unbranched alkanes of at least 4 members (excludes halogenated alkanes) is 1. The Hall–Kier alpha value is 0.170. The second kappa shape index (κ2) is 13.2. The summed E-state index contributed by atoms with van der Waals surface area (Å²) in [4.78, 5) is 0. The van der Waals surface area contributed by atoms with Crippen molar-refractivity contribution in [3.63, 3.8) is 0 Å². The summed E-state index contributed by atoms with van der Waals surface area (Å²) in [5, 5.41) is 1.88. The first kappa shape index (κ1) is 31.2. The predicted molar refractivity (Wildman–Crippen MR) is 149 cm³/mol. The predicted octanol–water partition coefficient (Wildman–Crippen LogP) is 11.2. The van der Waals surface area contributed by atoms with Crippen LogP contribution >= 0.6 is 8.58 Å². The molecule has 0 saturated heterocycles. The number of hydrogen-bond acceptors (Lipinski definition) is 0. The van der Waals surface area contributed by atoms with Crippen molar-refractivity contribution in [3.8, 4) is 0 Å². The zero-order valence-electron chi connectivity index (χ0n) is 23.9. The van der Waals surface area contributed by atoms with Crippen LogP contribution in [-0.4, -0.2) is 5.16 Å². The lowest BCUT2D eigenvalue weighted by molar-refractivity contribution is 0.224. The molecule has 0 aliphatic heterocycles. The summed E-state index contributed by atoms with van der Waals surface area (Å²) in [5.41, 5.74) is 1.30. The van der Waals surface area contributed by atoms with Crippen molar-refractivity contribution in [1.29, 1.82) is 0 Å². The second-order valence-corrected chi connectivity index (χ2v) is 16.2. The minimum absolute atomic E-state index is 0.324. The molecule has 0 amide bonds. The lowest BCUT2D eigenvalue weighted by Gasteiger charge is -2.44. The summed E-state index contributed by atoms with van der Waals surface area (Å²) in [6.45, 7) is 33.8. The average molecular weight is 453 g/mol. The van der Waals surface area contributed by atoms with Gasteiger partial charge in [0.2, 0.25) is 0 Å². The van der Waals surface area contributed by atoms with Gasteiger partial charge in [0.15, 0.2) is 0 Å². The summed E-state index contributed by atoms with van der Waals surface area (Å²) >= 11 is 0. The molecule has 186 valence electrons. The smallest absolute Gasteiger partial charge is 0.00901 e. The van der Waals surface area contributed by atoms with Gasteiger partial charge in [0.1, 0.15) is 0 Å². The summed E-state index contributed by atoms with van der Waals surface area (Å²) in [5.74, 6) is 1.47. The van der Waals surface area contributed by atoms with Crippen molar-refractivity contribution in [2.24, 2.45) is 28.1 Å². The molecule has 0 aliphatic rings. The van der Waals surface area contributed by atoms with Crippen molar-refractivity contribution in [2.45, 2.75) is 152 Å². The first-order chi connectivity index (χ1) is 13.9. The van der Waals surface area contributed by atoms with Gasteiger partial charge in [-0.15, -0.1) is 0 Å². The van der Waals surface area contributed by atoms with Gasteiger partial charge < -0.3 is 0 Å². The van der Waals surface area contributed by atoms with Crippen molar-refractivity contribution < 1.29 is 0 Å². The van der Waals surface area contributed by atoms with E-state index in [9.17, 15) is 0 Å². The highest BCUT2D eigenvalue weighted by Crippen LogP contribution is 2.54. The van der Waals surface area contributed by atoms with Crippen LogP contribution in [0.4, 0.5) is 0 Å². The normalized spacial score (nSPS) is 15.3. The highest BCUT2D eigenvalue weighted by atomic mass is 31.1. The Bertz CT molecular complexity index is 501. The molecule has 0 bridgehead atoms. The van der Waals surface area contributed by atoms with E-state index >= 15 is 0 Å². The number of rotatable bonds is 16. The molecule has 0 N–H and O–H groups in total. The van der Waals surface area contributed by atoms with Crippen molar-refractivity contribution in [1.82, 2.24) is 0 Å². The maximum absolute atomic E-state index is 4.69. The minimum Gasteiger partial charge on any atom is -0.0953 e. The fourth-order valence-electron chi connectivity index (χ4n) is 4.94. The van der Waals surface area contributed by atoms with Crippen LogP contribution < -0.4 is 0 Å². The Balaban J connectivity index is 4.89. The Morgan fingerprint density at radius 2 is 1.29 bits per heavy atom. The highest BCUT2D eigenvalue weighted by molar-refractivity contribution is 7.44. The van der Waals surface area contributed by atoms with Gasteiger partial charge in [-0.1, -0.05) is 129 Å². The molecule has 0 nitrogen and oxygen atoms in total. The van der Waals surface area contributed by atoms with Gasteiger partial charge in [0, 0.05) is 0 Å². The average Bonchev–Trinajstić information content (AvgIpc) is 2.54. The van der Waals surface area contributed by atoms with Crippen molar-refractivity contribution in [3.05, 3.63) is 11.9 Å². The first-order valence-electron chi connectivity index (χ1n) is 13.4. The number of hydrogen-bond donors (Lipinski definition) is 0. The van der Waals surface area contributed by atoms with Crippen LogP contribution in [0.15, 0.2) is 11.9 Å². The van der Waals surface area contributed by atoms with E-state index in [1.54, 1.807) is 5.31 Å². The molecule has 0 rings (SSSR count). The lowest BCUT2D eigenvalue weighted by Crippen LogP contribution is -2.36. The van der Waals surface area contributed by atoms with Gasteiger partial charge in [0.05, 0.1) is 0 Å². The van der Waals surface area contributed by atoms with Gasteiger partial charge >= 0.3 is 0 Å². The van der Waals surface area contributed by atoms with Crippen LogP contribution in [0.5, 0.6) is 0 Å². The van der Waals surface area contributed by atoms with E-state index < -0.39 is 0 Å².